The summed E-state index contributed by atoms with van der Waals surface area (Å²) in [5.74, 6) is 0.101. The van der Waals surface area contributed by atoms with Crippen LogP contribution in [0.2, 0.25) is 4.34 Å². The van der Waals surface area contributed by atoms with Crippen LogP contribution in [0.3, 0.4) is 0 Å². The molecule has 2 aromatic rings. The predicted octanol–water partition coefficient (Wildman–Crippen LogP) is 2.74. The second-order valence-corrected chi connectivity index (χ2v) is 8.35. The molecule has 2 N–H and O–H groups in total. The third kappa shape index (κ3) is 5.42. The van der Waals surface area contributed by atoms with Gasteiger partial charge in [0.15, 0.2) is 6.54 Å². The fourth-order valence-electron chi connectivity index (χ4n) is 3.18. The standard InChI is InChI=1S/C20H22ClN3O2S/c1-2-11-23(13-17-9-10-18(21)27-17)14-19(25)22-15-5-7-16(8-6-15)24-12-3-4-20(24)26/h2,5-10H,1,3-4,11-14H2,(H,22,25)/p+1. The summed E-state index contributed by atoms with van der Waals surface area (Å²) in [5.41, 5.74) is 1.61. The minimum Gasteiger partial charge on any atom is -0.321 e. The van der Waals surface area contributed by atoms with Crippen LogP contribution in [0.15, 0.2) is 49.1 Å². The average Bonchev–Trinajstić information content (AvgIpc) is 3.24. The van der Waals surface area contributed by atoms with Gasteiger partial charge in [0.1, 0.15) is 6.54 Å². The molecule has 1 saturated heterocycles. The Morgan fingerprint density at radius 1 is 1.30 bits per heavy atom. The van der Waals surface area contributed by atoms with Gasteiger partial charge in [-0.05, 0) is 48.9 Å². The van der Waals surface area contributed by atoms with Crippen molar-refractivity contribution in [2.24, 2.45) is 0 Å². The maximum Gasteiger partial charge on any atom is 0.279 e. The maximum atomic E-state index is 12.4. The van der Waals surface area contributed by atoms with Crippen LogP contribution in [0.5, 0.6) is 0 Å². The van der Waals surface area contributed by atoms with Gasteiger partial charge in [0.25, 0.3) is 5.91 Å². The van der Waals surface area contributed by atoms with E-state index in [0.29, 0.717) is 19.5 Å². The summed E-state index contributed by atoms with van der Waals surface area (Å²) < 4.78 is 0.754. The third-order valence-corrected chi connectivity index (χ3v) is 5.66. The van der Waals surface area contributed by atoms with Gasteiger partial charge in [0.05, 0.1) is 15.8 Å². The number of anilines is 2. The number of hydrogen-bond donors (Lipinski definition) is 2. The van der Waals surface area contributed by atoms with Crippen molar-refractivity contribution in [3.63, 3.8) is 0 Å². The van der Waals surface area contributed by atoms with E-state index in [1.165, 1.54) is 11.3 Å². The SMILES string of the molecule is C=CC[NH+](CC(=O)Nc1ccc(N2CCCC2=O)cc1)Cc1ccc(Cl)s1. The van der Waals surface area contributed by atoms with Crippen LogP contribution in [-0.4, -0.2) is 31.4 Å². The number of carbonyl (C=O) groups is 2. The lowest BCUT2D eigenvalue weighted by Gasteiger charge is -2.18. The maximum absolute atomic E-state index is 12.4. The Bertz CT molecular complexity index is 819. The van der Waals surface area contributed by atoms with Crippen molar-refractivity contribution in [2.75, 3.05) is 29.9 Å². The van der Waals surface area contributed by atoms with Crippen molar-refractivity contribution in [3.05, 3.63) is 58.3 Å². The van der Waals surface area contributed by atoms with Crippen LogP contribution < -0.4 is 15.1 Å². The number of quaternary nitrogens is 1. The number of amides is 2. The van der Waals surface area contributed by atoms with Crippen LogP contribution in [0, 0.1) is 0 Å². The van der Waals surface area contributed by atoms with Crippen molar-refractivity contribution >= 4 is 46.1 Å². The molecule has 142 valence electrons. The quantitative estimate of drug-likeness (QED) is 0.665. The summed E-state index contributed by atoms with van der Waals surface area (Å²) in [4.78, 5) is 28.3. The smallest absolute Gasteiger partial charge is 0.279 e. The van der Waals surface area contributed by atoms with Crippen LogP contribution in [-0.2, 0) is 16.1 Å². The lowest BCUT2D eigenvalue weighted by Crippen LogP contribution is -3.11. The first-order valence-corrected chi connectivity index (χ1v) is 10.1. The van der Waals surface area contributed by atoms with Gasteiger partial charge in [-0.1, -0.05) is 18.2 Å². The van der Waals surface area contributed by atoms with E-state index in [9.17, 15) is 9.59 Å². The summed E-state index contributed by atoms with van der Waals surface area (Å²) in [6.07, 6.45) is 3.32. The zero-order chi connectivity index (χ0) is 19.2. The summed E-state index contributed by atoms with van der Waals surface area (Å²) >= 11 is 7.52. The van der Waals surface area contributed by atoms with Crippen LogP contribution >= 0.6 is 22.9 Å². The van der Waals surface area contributed by atoms with Gasteiger partial charge in [-0.15, -0.1) is 11.3 Å². The molecule has 1 unspecified atom stereocenters. The number of hydrogen-bond acceptors (Lipinski definition) is 3. The molecule has 1 aromatic heterocycles. The van der Waals surface area contributed by atoms with E-state index >= 15 is 0 Å². The van der Waals surface area contributed by atoms with Gasteiger partial charge in [0.2, 0.25) is 5.91 Å². The molecule has 2 heterocycles. The average molecular weight is 405 g/mol. The summed E-state index contributed by atoms with van der Waals surface area (Å²) in [7, 11) is 0. The first-order valence-electron chi connectivity index (χ1n) is 8.94. The van der Waals surface area contributed by atoms with E-state index in [1.807, 2.05) is 42.5 Å². The Morgan fingerprint density at radius 2 is 2.07 bits per heavy atom. The van der Waals surface area contributed by atoms with Gasteiger partial charge in [0, 0.05) is 24.3 Å². The normalized spacial score (nSPS) is 15.0. The molecule has 1 atom stereocenters. The lowest BCUT2D eigenvalue weighted by atomic mass is 10.2. The number of nitrogens with one attached hydrogen (secondary N) is 2. The van der Waals surface area contributed by atoms with Gasteiger partial charge in [-0.25, -0.2) is 0 Å². The molecule has 1 aliphatic heterocycles. The molecule has 7 heteroatoms. The highest BCUT2D eigenvalue weighted by Crippen LogP contribution is 2.23. The largest absolute Gasteiger partial charge is 0.321 e. The second-order valence-electron chi connectivity index (χ2n) is 6.55. The van der Waals surface area contributed by atoms with E-state index in [-0.39, 0.29) is 11.8 Å². The van der Waals surface area contributed by atoms with Crippen LogP contribution in [0.1, 0.15) is 17.7 Å². The van der Waals surface area contributed by atoms with Gasteiger partial charge < -0.3 is 15.1 Å². The van der Waals surface area contributed by atoms with Crippen LogP contribution in [0.25, 0.3) is 0 Å². The molecule has 1 aliphatic rings. The fourth-order valence-corrected chi connectivity index (χ4v) is 4.34. The molecule has 2 amide bonds. The first kappa shape index (κ1) is 19.6. The Morgan fingerprint density at radius 3 is 2.67 bits per heavy atom. The number of carbonyl (C=O) groups excluding carboxylic acids is 2. The monoisotopic (exact) mass is 404 g/mol. The van der Waals surface area contributed by atoms with Crippen molar-refractivity contribution in [2.45, 2.75) is 19.4 Å². The number of rotatable bonds is 8. The first-order chi connectivity index (χ1) is 13.0. The number of halogens is 1. The molecule has 1 aromatic carbocycles. The molecule has 0 saturated carbocycles. The molecular formula is C20H23ClN3O2S+. The van der Waals surface area contributed by atoms with Crippen LogP contribution in [0.4, 0.5) is 11.4 Å². The molecule has 3 rings (SSSR count). The van der Waals surface area contributed by atoms with Crippen molar-refractivity contribution < 1.29 is 14.5 Å². The molecule has 0 bridgehead atoms. The number of benzene rings is 1. The molecule has 0 spiro atoms. The van der Waals surface area contributed by atoms with Gasteiger partial charge in [-0.3, -0.25) is 9.59 Å². The van der Waals surface area contributed by atoms with Gasteiger partial charge >= 0.3 is 0 Å². The van der Waals surface area contributed by atoms with Crippen molar-refractivity contribution in [3.8, 4) is 0 Å². The Balaban J connectivity index is 1.56. The molecule has 27 heavy (non-hydrogen) atoms. The zero-order valence-corrected chi connectivity index (χ0v) is 16.6. The molecule has 0 radical (unpaired) electrons. The van der Waals surface area contributed by atoms with E-state index in [4.69, 9.17) is 11.6 Å². The van der Waals surface area contributed by atoms with E-state index in [2.05, 4.69) is 11.9 Å². The third-order valence-electron chi connectivity index (χ3n) is 4.43. The molecule has 5 nitrogen and oxygen atoms in total. The van der Waals surface area contributed by atoms with Crippen molar-refractivity contribution in [1.82, 2.24) is 0 Å². The van der Waals surface area contributed by atoms with E-state index in [1.54, 1.807) is 4.90 Å². The number of thiophene rings is 1. The Hall–Kier alpha value is -2.15. The minimum atomic E-state index is -0.0560. The zero-order valence-electron chi connectivity index (χ0n) is 15.0. The topological polar surface area (TPSA) is 53.9 Å². The van der Waals surface area contributed by atoms with E-state index < -0.39 is 0 Å². The molecule has 1 fully saturated rings. The summed E-state index contributed by atoms with van der Waals surface area (Å²) in [6, 6.07) is 11.3. The summed E-state index contributed by atoms with van der Waals surface area (Å²) in [5, 5.41) is 2.93. The highest BCUT2D eigenvalue weighted by atomic mass is 35.5. The van der Waals surface area contributed by atoms with E-state index in [0.717, 1.165) is 45.0 Å². The van der Waals surface area contributed by atoms with Gasteiger partial charge in [-0.2, -0.15) is 0 Å². The molecular weight excluding hydrogens is 382 g/mol. The predicted molar refractivity (Wildman–Crippen MR) is 111 cm³/mol. The van der Waals surface area contributed by atoms with Crippen molar-refractivity contribution in [1.29, 1.82) is 0 Å². The highest BCUT2D eigenvalue weighted by Gasteiger charge is 2.21. The minimum absolute atomic E-state index is 0.0560. The highest BCUT2D eigenvalue weighted by molar-refractivity contribution is 7.16. The summed E-state index contributed by atoms with van der Waals surface area (Å²) in [6.45, 7) is 6.31. The number of nitrogens with zero attached hydrogens (tertiary/aromatic N) is 1. The Kier molecular flexibility index (Phi) is 6.66. The molecule has 0 aliphatic carbocycles. The second kappa shape index (κ2) is 9.17. The lowest BCUT2D eigenvalue weighted by molar-refractivity contribution is -0.899. The fraction of sp³-hybridized carbons (Fsp3) is 0.300. The Labute approximate surface area is 168 Å².